The van der Waals surface area contributed by atoms with Crippen molar-refractivity contribution in [2.45, 2.75) is 0 Å². The SMILES string of the molecule is O=P(c1ccccc1)(c1ccccc1)c1cccc(-c2ccc(-c3nc4ccc5ccccc5c4c4oc5ccccc5c34)cc2)c1.c1ccc(-c2cc(-c3ccc(-c4ccc(-c5nc6ccc7ccccc7c6c6oc7ccccc7c56)cc4)cc3)cc(-c3ccccn3)n2)nc1.c1ccc(-c2ccc3ccc4ccc(-c5ccc(-c6ccc7c(c6)nc(-c6ccccc6)c6c8ccccc8sc76)cc5)nc4c3n2)cc1. The van der Waals surface area contributed by atoms with E-state index in [0.29, 0.717) is 0 Å². The summed E-state index contributed by atoms with van der Waals surface area (Å²) in [6, 6.07) is 169. The van der Waals surface area contributed by atoms with Crippen molar-refractivity contribution in [2.24, 2.45) is 0 Å². The molecule has 29 aromatic rings. The average Bonchev–Trinajstić information content (AvgIpc) is 1.59. The van der Waals surface area contributed by atoms with Crippen molar-refractivity contribution in [3.05, 3.63) is 504 Å². The maximum atomic E-state index is 15.0. The molecule has 0 unspecified atom stereocenters. The number of hydrogen-bond donors (Lipinski definition) is 0. The zero-order valence-electron chi connectivity index (χ0n) is 79.1. The molecule has 0 fully saturated rings. The molecule has 29 rings (SSSR count). The molecule has 0 amide bonds. The monoisotopic (exact) mass is 1910 g/mol. The van der Waals surface area contributed by atoms with Crippen molar-refractivity contribution < 1.29 is 13.4 Å². The third-order valence-electron chi connectivity index (χ3n) is 28.2. The number of pyridine rings is 8. The molecule has 18 aromatic carbocycles. The van der Waals surface area contributed by atoms with Gasteiger partial charge in [0.05, 0.1) is 100 Å². The molecule has 0 atom stereocenters. The number of thiophene rings is 1. The first-order chi connectivity index (χ1) is 72.7. The Morgan fingerprint density at radius 3 is 1.08 bits per heavy atom. The maximum absolute atomic E-state index is 15.0. The largest absolute Gasteiger partial charge is 0.455 e. The normalized spacial score (nSPS) is 11.7. The molecule has 688 valence electrons. The van der Waals surface area contributed by atoms with Crippen LogP contribution in [0.15, 0.2) is 513 Å². The van der Waals surface area contributed by atoms with E-state index in [0.717, 1.165) is 249 Å². The predicted octanol–water partition coefficient (Wildman–Crippen LogP) is 34.4. The summed E-state index contributed by atoms with van der Waals surface area (Å²) >= 11 is 1.85. The Morgan fingerprint density at radius 1 is 0.204 bits per heavy atom. The number of aromatic nitrogens is 8. The Balaban J connectivity index is 0.000000109. The van der Waals surface area contributed by atoms with Gasteiger partial charge in [-0.05, 0) is 157 Å². The summed E-state index contributed by atoms with van der Waals surface area (Å²) in [5, 5.41) is 19.2. The van der Waals surface area contributed by atoms with Gasteiger partial charge in [0.15, 0.2) is 7.14 Å². The van der Waals surface area contributed by atoms with Crippen LogP contribution in [0.1, 0.15) is 0 Å². The van der Waals surface area contributed by atoms with Gasteiger partial charge in [0.2, 0.25) is 0 Å². The van der Waals surface area contributed by atoms with Gasteiger partial charge >= 0.3 is 0 Å². The summed E-state index contributed by atoms with van der Waals surface area (Å²) < 4.78 is 30.8. The second-order valence-electron chi connectivity index (χ2n) is 36.9. The Kier molecular flexibility index (Phi) is 21.8. The highest BCUT2D eigenvalue weighted by Gasteiger charge is 2.31. The lowest BCUT2D eigenvalue weighted by Crippen LogP contribution is -2.25. The third kappa shape index (κ3) is 15.8. The Morgan fingerprint density at radius 2 is 0.571 bits per heavy atom. The standard InChI is InChI=1S/C46H28N4O.C45H27N3S.C43H28NO2P/c1-2-10-35-32(9-1)23-24-39-43(35)46-44(36-11-3-4-14-42(36)51-46)45(50-39)33-21-19-30(20-22-33)29-15-17-31(18-16-29)34-27-40(37-12-5-7-25-47-37)49-41(28-34)38-13-6-8-26-48-38;1-3-9-29(10-4-1)37-25-22-32-19-20-33-23-26-38(47-44(33)43(32)46-37)30-17-15-28(16-18-30)34-21-24-35-39(27-34)48-42(31-11-5-2-6-12-31)41-36-13-7-8-14-40(36)49-45(35)41;45-47(33-14-3-1-4-15-33,34-16-5-2-6-17-34)35-18-11-13-32(28-35)29-22-24-31(25-23-29)42-41-37-20-9-10-21-39(37)46-43(41)40-36-19-8-7-12-30(36)26-27-38(40)44-42/h1-28H;1-27H;1-28H. The van der Waals surface area contributed by atoms with Crippen molar-refractivity contribution in [1.82, 2.24) is 39.9 Å². The maximum Gasteiger partial charge on any atom is 0.171 e. The van der Waals surface area contributed by atoms with E-state index in [-0.39, 0.29) is 0 Å². The number of benzene rings is 18. The van der Waals surface area contributed by atoms with Crippen LogP contribution in [0.5, 0.6) is 0 Å². The Bertz CT molecular complexity index is 10200. The van der Waals surface area contributed by atoms with Gasteiger partial charge in [-0.2, -0.15) is 0 Å². The van der Waals surface area contributed by atoms with Gasteiger partial charge in [0.1, 0.15) is 22.3 Å². The van der Waals surface area contributed by atoms with Crippen LogP contribution in [0.25, 0.3) is 264 Å². The fourth-order valence-corrected chi connectivity index (χ4v) is 24.9. The highest BCUT2D eigenvalue weighted by Crippen LogP contribution is 2.50. The predicted molar refractivity (Wildman–Crippen MR) is 611 cm³/mol. The molecule has 0 saturated carbocycles. The highest BCUT2D eigenvalue weighted by molar-refractivity contribution is 7.85. The Labute approximate surface area is 848 Å². The summed E-state index contributed by atoms with van der Waals surface area (Å²) in [5.41, 5.74) is 30.2. The fourth-order valence-electron chi connectivity index (χ4n) is 20.9. The molecule has 0 aliphatic carbocycles. The van der Waals surface area contributed by atoms with Gasteiger partial charge in [-0.3, -0.25) is 9.97 Å². The smallest absolute Gasteiger partial charge is 0.171 e. The number of nitrogens with zero attached hydrogens (tertiary/aromatic N) is 8. The van der Waals surface area contributed by atoms with E-state index in [1.807, 2.05) is 169 Å². The van der Waals surface area contributed by atoms with Gasteiger partial charge in [0.25, 0.3) is 0 Å². The van der Waals surface area contributed by atoms with Crippen LogP contribution in [0.4, 0.5) is 0 Å². The summed E-state index contributed by atoms with van der Waals surface area (Å²) in [5.74, 6) is 0. The molecule has 0 radical (unpaired) electrons. The lowest BCUT2D eigenvalue weighted by Gasteiger charge is -2.20. The van der Waals surface area contributed by atoms with Gasteiger partial charge in [-0.1, -0.05) is 400 Å². The molecular formula is C134H83N8O3PS. The lowest BCUT2D eigenvalue weighted by molar-refractivity contribution is 0.592. The summed E-state index contributed by atoms with van der Waals surface area (Å²) in [4.78, 5) is 40.2. The number of hydrogen-bond acceptors (Lipinski definition) is 12. The van der Waals surface area contributed by atoms with Gasteiger partial charge in [-0.25, -0.2) is 29.9 Å². The molecule has 0 spiro atoms. The first-order valence-corrected chi connectivity index (χ1v) is 51.7. The second kappa shape index (κ2) is 36.8. The van der Waals surface area contributed by atoms with Crippen LogP contribution in [0, 0.1) is 0 Å². The van der Waals surface area contributed by atoms with E-state index in [2.05, 4.69) is 344 Å². The van der Waals surface area contributed by atoms with E-state index in [9.17, 15) is 0 Å². The van der Waals surface area contributed by atoms with Crippen molar-refractivity contribution in [1.29, 1.82) is 0 Å². The average molecular weight is 1920 g/mol. The minimum atomic E-state index is -3.09. The summed E-state index contributed by atoms with van der Waals surface area (Å²) in [7, 11) is -3.09. The zero-order chi connectivity index (χ0) is 97.4. The molecule has 0 aliphatic rings. The molecule has 11 nitrogen and oxygen atoms in total. The number of rotatable bonds is 14. The van der Waals surface area contributed by atoms with E-state index in [1.54, 1.807) is 12.4 Å². The minimum Gasteiger partial charge on any atom is -0.455 e. The molecule has 11 heterocycles. The molecule has 0 N–H and O–H groups in total. The van der Waals surface area contributed by atoms with Crippen LogP contribution in [-0.4, -0.2) is 39.9 Å². The molecule has 0 bridgehead atoms. The van der Waals surface area contributed by atoms with E-state index in [4.69, 9.17) is 38.7 Å². The zero-order valence-corrected chi connectivity index (χ0v) is 80.8. The van der Waals surface area contributed by atoms with Gasteiger partial charge in [0, 0.05) is 103 Å². The number of fused-ring (bicyclic) bond motifs is 22. The minimum absolute atomic E-state index is 0.809. The first-order valence-electron chi connectivity index (χ1n) is 49.1. The molecule has 11 aromatic heterocycles. The lowest BCUT2D eigenvalue weighted by atomic mass is 9.96. The molecular weight excluding hydrogens is 1830 g/mol. The topological polar surface area (TPSA) is 146 Å². The number of para-hydroxylation sites is 2. The van der Waals surface area contributed by atoms with Crippen LogP contribution < -0.4 is 15.9 Å². The van der Waals surface area contributed by atoms with Crippen molar-refractivity contribution >= 4 is 175 Å². The molecule has 13 heteroatoms. The quantitative estimate of drug-likeness (QED) is 0.0757. The van der Waals surface area contributed by atoms with Crippen LogP contribution >= 0.6 is 18.5 Å². The molecule has 0 aliphatic heterocycles. The second-order valence-corrected chi connectivity index (χ2v) is 40.7. The first kappa shape index (κ1) is 87.1. The fraction of sp³-hybridized carbons (Fsp3) is 0. The summed E-state index contributed by atoms with van der Waals surface area (Å²) in [6.07, 6.45) is 3.59. The van der Waals surface area contributed by atoms with Crippen molar-refractivity contribution in [2.75, 3.05) is 0 Å². The highest BCUT2D eigenvalue weighted by atomic mass is 32.1. The van der Waals surface area contributed by atoms with E-state index < -0.39 is 7.14 Å². The van der Waals surface area contributed by atoms with E-state index >= 15 is 4.57 Å². The van der Waals surface area contributed by atoms with Crippen LogP contribution in [0.3, 0.4) is 0 Å². The molecule has 0 saturated heterocycles. The third-order valence-corrected chi connectivity index (χ3v) is 32.4. The van der Waals surface area contributed by atoms with Crippen LogP contribution in [0.2, 0.25) is 0 Å². The van der Waals surface area contributed by atoms with Crippen molar-refractivity contribution in [3.63, 3.8) is 0 Å². The van der Waals surface area contributed by atoms with Gasteiger partial charge < -0.3 is 13.4 Å². The number of furan rings is 2. The van der Waals surface area contributed by atoms with Crippen molar-refractivity contribution in [3.8, 4) is 124 Å². The Hall–Kier alpha value is -19.0. The van der Waals surface area contributed by atoms with E-state index in [1.165, 1.54) is 30.9 Å². The summed E-state index contributed by atoms with van der Waals surface area (Å²) in [6.45, 7) is 0. The van der Waals surface area contributed by atoms with Crippen LogP contribution in [-0.2, 0) is 4.57 Å². The van der Waals surface area contributed by atoms with Gasteiger partial charge in [-0.15, -0.1) is 11.3 Å². The molecule has 147 heavy (non-hydrogen) atoms.